The summed E-state index contributed by atoms with van der Waals surface area (Å²) in [6.45, 7) is 9.29. The number of piperazine rings is 1. The minimum absolute atomic E-state index is 0.0791. The largest absolute Gasteiger partial charge is 0.497 e. The highest BCUT2D eigenvalue weighted by molar-refractivity contribution is 7.90. The van der Waals surface area contributed by atoms with Gasteiger partial charge in [0.25, 0.3) is 11.8 Å². The van der Waals surface area contributed by atoms with Crippen molar-refractivity contribution in [2.75, 3.05) is 33.8 Å². The summed E-state index contributed by atoms with van der Waals surface area (Å²) in [4.78, 5) is 37.7. The van der Waals surface area contributed by atoms with Crippen LogP contribution in [0.5, 0.6) is 5.75 Å². The number of likely N-dealkylation sites (tertiary alicyclic amines) is 1. The summed E-state index contributed by atoms with van der Waals surface area (Å²) in [5.74, 6) is 0.266. The van der Waals surface area contributed by atoms with Gasteiger partial charge in [-0.3, -0.25) is 14.6 Å². The van der Waals surface area contributed by atoms with E-state index in [1.807, 2.05) is 31.2 Å². The smallest absolute Gasteiger partial charge is 0.264 e. The third-order valence-electron chi connectivity index (χ3n) is 11.8. The Bertz CT molecular complexity index is 2170. The molecule has 1 aromatic heterocycles. The Kier molecular flexibility index (Phi) is 10.5. The van der Waals surface area contributed by atoms with Gasteiger partial charge in [-0.05, 0) is 119 Å². The molecule has 54 heavy (non-hydrogen) atoms. The molecule has 2 aromatic carbocycles. The molecule has 2 saturated heterocycles. The zero-order valence-electron chi connectivity index (χ0n) is 32.4. The summed E-state index contributed by atoms with van der Waals surface area (Å²) in [5.41, 5.74) is 14.3. The molecule has 1 aliphatic carbocycles. The number of ether oxygens (including phenoxy) is 1. The van der Waals surface area contributed by atoms with Crippen molar-refractivity contribution in [2.45, 2.75) is 102 Å². The lowest BCUT2D eigenvalue weighted by Gasteiger charge is -2.40. The normalized spacial score (nSPS) is 21.4. The molecule has 2 bridgehead atoms. The number of hydrogen-bond donors (Lipinski definition) is 2. The number of allylic oxidation sites excluding steroid dienone is 2. The highest BCUT2D eigenvalue weighted by atomic mass is 32.2. The number of amides is 2. The molecule has 2 amide bonds. The number of hydrogen-bond acceptors (Lipinski definition) is 8. The Labute approximate surface area is 319 Å². The molecule has 2 unspecified atom stereocenters. The molecule has 1 saturated carbocycles. The molecule has 0 radical (unpaired) electrons. The number of aromatic nitrogens is 1. The van der Waals surface area contributed by atoms with Crippen LogP contribution in [0.3, 0.4) is 0 Å². The van der Waals surface area contributed by atoms with Gasteiger partial charge in [0.2, 0.25) is 10.0 Å². The molecular formula is C42H54N6O5S. The molecule has 3 fully saturated rings. The molecule has 11 nitrogen and oxygen atoms in total. The maximum Gasteiger partial charge on any atom is 0.264 e. The standard InChI is InChI=1S/C42H54N6O5S/c1-7-44-39(37(26(4)43)42(50)48-31-14-15-32(48)24-46(5)23-31)30-19-29-20-33(53-6)16-18-34(29)40-38(27-11-9-8-10-12-27)35-17-13-28(21-36(35)47(40)22-30)41(49)45-54(51,52)25(2)3/h13,16-21,25,27,31-32H,7-12,14-15,22-24,43H2,1-6H3,(H,45,49). The summed E-state index contributed by atoms with van der Waals surface area (Å²) in [5, 5.41) is 0.273. The molecule has 0 spiro atoms. The Morgan fingerprint density at radius 3 is 2.35 bits per heavy atom. The SMILES string of the molecule is CCN=C(C1=Cc2cc(OC)ccc2-c2c(C3CCCCC3)c3ccc(C(=O)NS(=O)(=O)C(C)C)cc3n2C1)C(C(=O)N1C2CCC1CN(C)C2)=C(C)N. The molecule has 7 rings (SSSR count). The highest BCUT2D eigenvalue weighted by Crippen LogP contribution is 2.47. The van der Waals surface area contributed by atoms with Crippen LogP contribution in [0.4, 0.5) is 0 Å². The predicted molar refractivity (Wildman–Crippen MR) is 215 cm³/mol. The summed E-state index contributed by atoms with van der Waals surface area (Å²) in [7, 11) is -0.0753. The van der Waals surface area contributed by atoms with Crippen LogP contribution in [-0.4, -0.2) is 91.4 Å². The van der Waals surface area contributed by atoms with E-state index in [9.17, 15) is 18.0 Å². The van der Waals surface area contributed by atoms with Gasteiger partial charge >= 0.3 is 0 Å². The van der Waals surface area contributed by atoms with Gasteiger partial charge in [0.1, 0.15) is 5.75 Å². The second-order valence-electron chi connectivity index (χ2n) is 15.8. The minimum atomic E-state index is -3.85. The number of nitrogens with zero attached hydrogens (tertiary/aromatic N) is 4. The van der Waals surface area contributed by atoms with E-state index >= 15 is 0 Å². The molecular weight excluding hydrogens is 701 g/mol. The molecule has 4 heterocycles. The van der Waals surface area contributed by atoms with Crippen molar-refractivity contribution >= 4 is 44.5 Å². The summed E-state index contributed by atoms with van der Waals surface area (Å²) >= 11 is 0. The Hall–Kier alpha value is -4.42. The van der Waals surface area contributed by atoms with E-state index in [1.54, 1.807) is 33.9 Å². The molecule has 288 valence electrons. The van der Waals surface area contributed by atoms with Crippen molar-refractivity contribution in [2.24, 2.45) is 10.7 Å². The zero-order valence-corrected chi connectivity index (χ0v) is 33.3. The van der Waals surface area contributed by atoms with E-state index in [1.165, 1.54) is 12.0 Å². The van der Waals surface area contributed by atoms with Gasteiger partial charge in [0.05, 0.1) is 35.9 Å². The van der Waals surface area contributed by atoms with Gasteiger partial charge in [-0.15, -0.1) is 0 Å². The van der Waals surface area contributed by atoms with Crippen molar-refractivity contribution in [1.82, 2.24) is 19.1 Å². The van der Waals surface area contributed by atoms with E-state index in [0.29, 0.717) is 41.7 Å². The number of sulfonamides is 1. The molecule has 4 aliphatic rings. The Morgan fingerprint density at radius 2 is 1.72 bits per heavy atom. The summed E-state index contributed by atoms with van der Waals surface area (Å²) in [6, 6.07) is 11.9. The average molecular weight is 755 g/mol. The van der Waals surface area contributed by atoms with Crippen molar-refractivity contribution in [3.63, 3.8) is 0 Å². The van der Waals surface area contributed by atoms with Gasteiger partial charge in [-0.2, -0.15) is 0 Å². The minimum Gasteiger partial charge on any atom is -0.497 e. The Balaban J connectivity index is 1.44. The van der Waals surface area contributed by atoms with Crippen LogP contribution in [0, 0.1) is 0 Å². The number of nitrogens with one attached hydrogen (secondary N) is 1. The fraction of sp³-hybridized carbons (Fsp3) is 0.500. The van der Waals surface area contributed by atoms with Crippen molar-refractivity contribution in [3.8, 4) is 17.0 Å². The van der Waals surface area contributed by atoms with Gasteiger partial charge < -0.3 is 24.8 Å². The number of carbonyl (C=O) groups is 2. The number of methoxy groups -OCH3 is 1. The topological polar surface area (TPSA) is 139 Å². The lowest BCUT2D eigenvalue weighted by Crippen LogP contribution is -2.55. The lowest BCUT2D eigenvalue weighted by atomic mass is 9.81. The van der Waals surface area contributed by atoms with Crippen molar-refractivity contribution < 1.29 is 22.7 Å². The van der Waals surface area contributed by atoms with E-state index in [-0.39, 0.29) is 23.6 Å². The molecule has 3 N–H and O–H groups in total. The van der Waals surface area contributed by atoms with Crippen LogP contribution >= 0.6 is 0 Å². The van der Waals surface area contributed by atoms with Crippen LogP contribution in [0.1, 0.15) is 100 Å². The maximum absolute atomic E-state index is 14.8. The predicted octanol–water partition coefficient (Wildman–Crippen LogP) is 6.23. The zero-order chi connectivity index (χ0) is 38.5. The molecule has 2 atom stereocenters. The molecule has 3 aliphatic heterocycles. The number of aliphatic imine (C=N–C) groups is 1. The van der Waals surface area contributed by atoms with Crippen LogP contribution in [-0.2, 0) is 21.4 Å². The van der Waals surface area contributed by atoms with Gasteiger partial charge in [-0.25, -0.2) is 13.1 Å². The number of carbonyl (C=O) groups excluding carboxylic acids is 2. The van der Waals surface area contributed by atoms with Gasteiger partial charge in [0, 0.05) is 59.4 Å². The fourth-order valence-electron chi connectivity index (χ4n) is 9.16. The van der Waals surface area contributed by atoms with E-state index in [0.717, 1.165) is 84.9 Å². The van der Waals surface area contributed by atoms with E-state index < -0.39 is 21.2 Å². The number of likely N-dealkylation sites (N-methyl/N-ethyl adjacent to an activating group) is 1. The van der Waals surface area contributed by atoms with Crippen molar-refractivity contribution in [3.05, 3.63) is 69.9 Å². The first kappa shape index (κ1) is 37.9. The molecule has 12 heteroatoms. The third-order valence-corrected chi connectivity index (χ3v) is 13.5. The van der Waals surface area contributed by atoms with Gasteiger partial charge in [0.15, 0.2) is 0 Å². The monoisotopic (exact) mass is 754 g/mol. The van der Waals surface area contributed by atoms with E-state index in [2.05, 4.69) is 38.3 Å². The number of rotatable bonds is 9. The second kappa shape index (κ2) is 15.0. The van der Waals surface area contributed by atoms with Crippen LogP contribution in [0.25, 0.3) is 28.2 Å². The van der Waals surface area contributed by atoms with Crippen LogP contribution in [0.15, 0.2) is 58.2 Å². The first-order valence-corrected chi connectivity index (χ1v) is 21.0. The van der Waals surface area contributed by atoms with Crippen molar-refractivity contribution in [1.29, 1.82) is 0 Å². The van der Waals surface area contributed by atoms with Crippen LogP contribution < -0.4 is 15.2 Å². The number of nitrogens with two attached hydrogens (primary N) is 1. The van der Waals surface area contributed by atoms with Crippen LogP contribution in [0.2, 0.25) is 0 Å². The second-order valence-corrected chi connectivity index (χ2v) is 18.0. The van der Waals surface area contributed by atoms with E-state index in [4.69, 9.17) is 15.5 Å². The Morgan fingerprint density at radius 1 is 1.02 bits per heavy atom. The number of benzene rings is 2. The first-order chi connectivity index (χ1) is 25.8. The highest BCUT2D eigenvalue weighted by Gasteiger charge is 2.44. The molecule has 3 aromatic rings. The first-order valence-electron chi connectivity index (χ1n) is 19.5. The van der Waals surface area contributed by atoms with Gasteiger partial charge in [-0.1, -0.05) is 25.3 Å². The summed E-state index contributed by atoms with van der Waals surface area (Å²) < 4.78 is 35.8. The lowest BCUT2D eigenvalue weighted by molar-refractivity contribution is -0.131. The quantitative estimate of drug-likeness (QED) is 0.195. The fourth-order valence-corrected chi connectivity index (χ4v) is 9.77. The maximum atomic E-state index is 14.8. The average Bonchev–Trinajstić information content (AvgIpc) is 3.54. The third kappa shape index (κ3) is 6.87. The number of fused-ring (bicyclic) bond motifs is 7. The summed E-state index contributed by atoms with van der Waals surface area (Å²) in [6.07, 6.45) is 9.62.